The minimum absolute atomic E-state index is 0.279. The van der Waals surface area contributed by atoms with Crippen LogP contribution in [-0.4, -0.2) is 9.97 Å². The molecule has 3 aromatic rings. The summed E-state index contributed by atoms with van der Waals surface area (Å²) in [5, 5.41) is 0. The number of benzene rings is 2. The van der Waals surface area contributed by atoms with Crippen LogP contribution in [0.2, 0.25) is 0 Å². The van der Waals surface area contributed by atoms with Crippen LogP contribution in [0.3, 0.4) is 0 Å². The van der Waals surface area contributed by atoms with Crippen molar-refractivity contribution in [2.24, 2.45) is 0 Å². The number of anilines is 1. The van der Waals surface area contributed by atoms with Gasteiger partial charge in [-0.15, -0.1) is 0 Å². The van der Waals surface area contributed by atoms with Gasteiger partial charge < -0.3 is 5.73 Å². The molecule has 0 spiro atoms. The third-order valence-corrected chi connectivity index (χ3v) is 2.92. The van der Waals surface area contributed by atoms with Crippen LogP contribution in [0, 0.1) is 5.82 Å². The van der Waals surface area contributed by atoms with Crippen molar-refractivity contribution in [3.63, 3.8) is 0 Å². The first-order chi connectivity index (χ1) is 9.72. The Morgan fingerprint density at radius 3 is 2.20 bits per heavy atom. The van der Waals surface area contributed by atoms with Gasteiger partial charge >= 0.3 is 0 Å². The second-order valence-electron chi connectivity index (χ2n) is 4.37. The van der Waals surface area contributed by atoms with Crippen LogP contribution in [0.4, 0.5) is 10.2 Å². The van der Waals surface area contributed by atoms with Gasteiger partial charge in [-0.05, 0) is 24.3 Å². The lowest BCUT2D eigenvalue weighted by Gasteiger charge is -2.06. The van der Waals surface area contributed by atoms with E-state index in [1.807, 2.05) is 30.3 Å². The average molecular weight is 265 g/mol. The fourth-order valence-corrected chi connectivity index (χ4v) is 1.95. The summed E-state index contributed by atoms with van der Waals surface area (Å²) in [6.07, 6.45) is 0. The number of nitrogens with two attached hydrogens (primary N) is 1. The van der Waals surface area contributed by atoms with E-state index in [0.29, 0.717) is 17.3 Å². The zero-order valence-electron chi connectivity index (χ0n) is 10.6. The molecule has 0 fully saturated rings. The van der Waals surface area contributed by atoms with E-state index in [0.717, 1.165) is 11.1 Å². The molecule has 0 aliphatic heterocycles. The van der Waals surface area contributed by atoms with Gasteiger partial charge in [-0.25, -0.2) is 14.4 Å². The molecule has 0 amide bonds. The van der Waals surface area contributed by atoms with E-state index in [2.05, 4.69) is 9.97 Å². The summed E-state index contributed by atoms with van der Waals surface area (Å²) >= 11 is 0. The number of rotatable bonds is 2. The Balaban J connectivity index is 2.09. The number of hydrogen-bond acceptors (Lipinski definition) is 3. The van der Waals surface area contributed by atoms with Crippen molar-refractivity contribution in [1.29, 1.82) is 0 Å². The maximum absolute atomic E-state index is 13.0. The molecule has 0 unspecified atom stereocenters. The van der Waals surface area contributed by atoms with Gasteiger partial charge in [-0.2, -0.15) is 0 Å². The Kier molecular flexibility index (Phi) is 3.13. The lowest BCUT2D eigenvalue weighted by molar-refractivity contribution is 0.628. The van der Waals surface area contributed by atoms with Crippen LogP contribution in [0.25, 0.3) is 22.6 Å². The highest BCUT2D eigenvalue weighted by Crippen LogP contribution is 2.23. The molecule has 2 aromatic carbocycles. The third-order valence-electron chi connectivity index (χ3n) is 2.92. The first-order valence-electron chi connectivity index (χ1n) is 6.18. The Hall–Kier alpha value is -2.75. The van der Waals surface area contributed by atoms with Crippen LogP contribution >= 0.6 is 0 Å². The molecule has 0 radical (unpaired) electrons. The topological polar surface area (TPSA) is 51.8 Å². The van der Waals surface area contributed by atoms with Crippen LogP contribution in [-0.2, 0) is 0 Å². The molecule has 20 heavy (non-hydrogen) atoms. The number of halogens is 1. The monoisotopic (exact) mass is 265 g/mol. The van der Waals surface area contributed by atoms with Crippen molar-refractivity contribution >= 4 is 5.82 Å². The summed E-state index contributed by atoms with van der Waals surface area (Å²) in [6.45, 7) is 0. The number of hydrogen-bond donors (Lipinski definition) is 1. The molecule has 3 nitrogen and oxygen atoms in total. The lowest BCUT2D eigenvalue weighted by Crippen LogP contribution is -1.97. The largest absolute Gasteiger partial charge is 0.384 e. The minimum Gasteiger partial charge on any atom is -0.384 e. The Morgan fingerprint density at radius 2 is 1.50 bits per heavy atom. The van der Waals surface area contributed by atoms with Gasteiger partial charge in [0.1, 0.15) is 11.6 Å². The molecule has 0 atom stereocenters. The van der Waals surface area contributed by atoms with Crippen LogP contribution in [0.15, 0.2) is 60.7 Å². The summed E-state index contributed by atoms with van der Waals surface area (Å²) in [7, 11) is 0. The Bertz CT molecular complexity index is 724. The molecule has 4 heteroatoms. The van der Waals surface area contributed by atoms with E-state index in [1.165, 1.54) is 12.1 Å². The average Bonchev–Trinajstić information content (AvgIpc) is 2.48. The molecule has 2 N–H and O–H groups in total. The van der Waals surface area contributed by atoms with E-state index >= 15 is 0 Å². The molecule has 0 bridgehead atoms. The van der Waals surface area contributed by atoms with Gasteiger partial charge in [0.05, 0.1) is 5.69 Å². The van der Waals surface area contributed by atoms with Crippen molar-refractivity contribution in [3.05, 3.63) is 66.5 Å². The predicted octanol–water partition coefficient (Wildman–Crippen LogP) is 3.53. The second-order valence-corrected chi connectivity index (χ2v) is 4.37. The van der Waals surface area contributed by atoms with E-state index < -0.39 is 0 Å². The fourth-order valence-electron chi connectivity index (χ4n) is 1.95. The molecule has 1 heterocycles. The zero-order valence-corrected chi connectivity index (χ0v) is 10.6. The van der Waals surface area contributed by atoms with Gasteiger partial charge in [0.25, 0.3) is 0 Å². The zero-order chi connectivity index (χ0) is 13.9. The summed E-state index contributed by atoms with van der Waals surface area (Å²) in [5.74, 6) is 0.669. The van der Waals surface area contributed by atoms with E-state index in [4.69, 9.17) is 5.73 Å². The van der Waals surface area contributed by atoms with Crippen LogP contribution < -0.4 is 5.73 Å². The summed E-state index contributed by atoms with van der Waals surface area (Å²) in [5.41, 5.74) is 8.21. The molecule has 0 saturated heterocycles. The predicted molar refractivity (Wildman–Crippen MR) is 77.3 cm³/mol. The third kappa shape index (κ3) is 2.49. The van der Waals surface area contributed by atoms with Gasteiger partial charge in [0.15, 0.2) is 5.82 Å². The molecular weight excluding hydrogens is 253 g/mol. The quantitative estimate of drug-likeness (QED) is 0.771. The van der Waals surface area contributed by atoms with Gasteiger partial charge in [0.2, 0.25) is 0 Å². The molecule has 0 saturated carbocycles. The van der Waals surface area contributed by atoms with Gasteiger partial charge in [-0.1, -0.05) is 30.3 Å². The van der Waals surface area contributed by atoms with Crippen LogP contribution in [0.1, 0.15) is 0 Å². The van der Waals surface area contributed by atoms with Gasteiger partial charge in [0, 0.05) is 17.2 Å². The lowest BCUT2D eigenvalue weighted by atomic mass is 10.1. The highest BCUT2D eigenvalue weighted by atomic mass is 19.1. The standard InChI is InChI=1S/C16H12FN3/c17-13-8-6-11(7-9-13)14-10-15(18)20-16(19-14)12-4-2-1-3-5-12/h1-10H,(H2,18,19,20). The summed E-state index contributed by atoms with van der Waals surface area (Å²) in [6, 6.07) is 17.4. The van der Waals surface area contributed by atoms with Crippen LogP contribution in [0.5, 0.6) is 0 Å². The molecular formula is C16H12FN3. The SMILES string of the molecule is Nc1cc(-c2ccc(F)cc2)nc(-c2ccccc2)n1. The highest BCUT2D eigenvalue weighted by Gasteiger charge is 2.07. The maximum Gasteiger partial charge on any atom is 0.162 e. The highest BCUT2D eigenvalue weighted by molar-refractivity contribution is 5.66. The fraction of sp³-hybridized carbons (Fsp3) is 0. The molecule has 0 aliphatic rings. The summed E-state index contributed by atoms with van der Waals surface area (Å²) < 4.78 is 13.0. The first-order valence-corrected chi connectivity index (χ1v) is 6.18. The number of nitrogens with zero attached hydrogens (tertiary/aromatic N) is 2. The Labute approximate surface area is 115 Å². The summed E-state index contributed by atoms with van der Waals surface area (Å²) in [4.78, 5) is 8.73. The van der Waals surface area contributed by atoms with E-state index in [9.17, 15) is 4.39 Å². The minimum atomic E-state index is -0.279. The smallest absolute Gasteiger partial charge is 0.162 e. The number of nitrogen functional groups attached to an aromatic ring is 1. The molecule has 98 valence electrons. The molecule has 1 aromatic heterocycles. The maximum atomic E-state index is 13.0. The van der Waals surface area contributed by atoms with Crippen molar-refractivity contribution in [1.82, 2.24) is 9.97 Å². The normalized spacial score (nSPS) is 10.4. The van der Waals surface area contributed by atoms with Crippen molar-refractivity contribution < 1.29 is 4.39 Å². The van der Waals surface area contributed by atoms with Crippen molar-refractivity contribution in [2.75, 3.05) is 5.73 Å². The number of aromatic nitrogens is 2. The van der Waals surface area contributed by atoms with E-state index in [1.54, 1.807) is 18.2 Å². The molecule has 3 rings (SSSR count). The first kappa shape index (κ1) is 12.3. The van der Waals surface area contributed by atoms with Crippen molar-refractivity contribution in [3.8, 4) is 22.6 Å². The van der Waals surface area contributed by atoms with Gasteiger partial charge in [-0.3, -0.25) is 0 Å². The Morgan fingerprint density at radius 1 is 0.800 bits per heavy atom. The van der Waals surface area contributed by atoms with E-state index in [-0.39, 0.29) is 5.82 Å². The molecule has 0 aliphatic carbocycles. The second kappa shape index (κ2) is 5.09. The van der Waals surface area contributed by atoms with Crippen molar-refractivity contribution in [2.45, 2.75) is 0 Å².